The van der Waals surface area contributed by atoms with Gasteiger partial charge in [0, 0.05) is 5.02 Å². The van der Waals surface area contributed by atoms with Gasteiger partial charge in [-0.25, -0.2) is 9.79 Å². The van der Waals surface area contributed by atoms with Crippen molar-refractivity contribution in [2.45, 2.75) is 46.3 Å². The van der Waals surface area contributed by atoms with E-state index in [1.165, 1.54) is 18.4 Å². The monoisotopic (exact) mass is 650 g/mol. The molecule has 44 heavy (non-hydrogen) atoms. The van der Waals surface area contributed by atoms with Crippen molar-refractivity contribution >= 4 is 46.6 Å². The first kappa shape index (κ1) is 31.6. The Balaban J connectivity index is 1.57. The van der Waals surface area contributed by atoms with Crippen molar-refractivity contribution in [1.82, 2.24) is 4.57 Å². The maximum atomic E-state index is 14.0. The van der Waals surface area contributed by atoms with Gasteiger partial charge < -0.3 is 14.2 Å². The van der Waals surface area contributed by atoms with Crippen LogP contribution in [0.3, 0.4) is 0 Å². The van der Waals surface area contributed by atoms with Crippen molar-refractivity contribution in [1.29, 1.82) is 0 Å². The number of carbonyl (C=O) groups is 1. The van der Waals surface area contributed by atoms with Crippen molar-refractivity contribution in [2.75, 3.05) is 13.7 Å². The lowest BCUT2D eigenvalue weighted by Crippen LogP contribution is -2.39. The molecule has 4 aromatic rings. The number of benzene rings is 3. The third-order valence-corrected chi connectivity index (χ3v) is 8.80. The van der Waals surface area contributed by atoms with Gasteiger partial charge in [-0.3, -0.25) is 9.36 Å². The third kappa shape index (κ3) is 6.48. The second-order valence-corrected chi connectivity index (χ2v) is 12.4. The molecular weight excluding hydrogens is 619 g/mol. The molecule has 0 bridgehead atoms. The molecule has 1 atom stereocenters. The van der Waals surface area contributed by atoms with Crippen LogP contribution in [0.15, 0.2) is 81.7 Å². The molecule has 0 spiro atoms. The molecule has 1 unspecified atom stereocenters. The van der Waals surface area contributed by atoms with Crippen LogP contribution in [-0.2, 0) is 16.1 Å². The van der Waals surface area contributed by atoms with Crippen molar-refractivity contribution in [2.24, 2.45) is 4.99 Å². The molecule has 228 valence electrons. The Bertz CT molecular complexity index is 1910. The van der Waals surface area contributed by atoms with Crippen LogP contribution in [0, 0.1) is 0 Å². The van der Waals surface area contributed by atoms with Crippen LogP contribution in [0.1, 0.15) is 61.9 Å². The number of ether oxygens (including phenoxy) is 3. The molecule has 0 N–H and O–H groups in total. The Kier molecular flexibility index (Phi) is 9.63. The highest BCUT2D eigenvalue weighted by Gasteiger charge is 2.33. The summed E-state index contributed by atoms with van der Waals surface area (Å²) in [4.78, 5) is 32.3. The quantitative estimate of drug-likeness (QED) is 0.186. The molecule has 0 aliphatic carbocycles. The summed E-state index contributed by atoms with van der Waals surface area (Å²) in [5, 5.41) is 0.975. The minimum atomic E-state index is -0.685. The predicted octanol–water partition coefficient (Wildman–Crippen LogP) is 6.82. The van der Waals surface area contributed by atoms with Gasteiger partial charge in [0.05, 0.1) is 40.6 Å². The molecule has 5 rings (SSSR count). The summed E-state index contributed by atoms with van der Waals surface area (Å²) >= 11 is 13.9. The molecule has 10 heteroatoms. The van der Waals surface area contributed by atoms with Gasteiger partial charge in [-0.15, -0.1) is 0 Å². The molecule has 0 saturated heterocycles. The number of carbonyl (C=O) groups excluding carboxylic acids is 1. The van der Waals surface area contributed by atoms with Crippen LogP contribution in [0.4, 0.5) is 0 Å². The zero-order valence-electron chi connectivity index (χ0n) is 25.0. The highest BCUT2D eigenvalue weighted by atomic mass is 35.5. The van der Waals surface area contributed by atoms with Crippen LogP contribution in [0.25, 0.3) is 6.08 Å². The summed E-state index contributed by atoms with van der Waals surface area (Å²) in [5.74, 6) is 0.661. The number of rotatable bonds is 9. The predicted molar refractivity (Wildman–Crippen MR) is 175 cm³/mol. The van der Waals surface area contributed by atoms with Crippen molar-refractivity contribution < 1.29 is 19.0 Å². The number of aromatic nitrogens is 1. The summed E-state index contributed by atoms with van der Waals surface area (Å²) in [7, 11) is 1.53. The van der Waals surface area contributed by atoms with Crippen LogP contribution < -0.4 is 24.4 Å². The Labute approximate surface area is 269 Å². The minimum Gasteiger partial charge on any atom is -0.493 e. The summed E-state index contributed by atoms with van der Waals surface area (Å²) in [6.45, 7) is 8.24. The van der Waals surface area contributed by atoms with Gasteiger partial charge in [0.15, 0.2) is 16.3 Å². The summed E-state index contributed by atoms with van der Waals surface area (Å²) < 4.78 is 19.0. The number of hydrogen-bond acceptors (Lipinski definition) is 7. The lowest BCUT2D eigenvalue weighted by molar-refractivity contribution is -0.139. The zero-order valence-corrected chi connectivity index (χ0v) is 27.3. The molecular formula is C34H32Cl2N2O5S. The van der Waals surface area contributed by atoms with Gasteiger partial charge in [-0.1, -0.05) is 84.8 Å². The fourth-order valence-corrected chi connectivity index (χ4v) is 6.47. The lowest BCUT2D eigenvalue weighted by atomic mass is 9.93. The van der Waals surface area contributed by atoms with Gasteiger partial charge >= 0.3 is 5.97 Å². The molecule has 0 amide bonds. The molecule has 0 fully saturated rings. The van der Waals surface area contributed by atoms with Crippen LogP contribution in [0.5, 0.6) is 11.5 Å². The van der Waals surface area contributed by atoms with E-state index in [2.05, 4.69) is 18.8 Å². The van der Waals surface area contributed by atoms with Gasteiger partial charge in [-0.05, 0) is 72.4 Å². The Morgan fingerprint density at radius 2 is 1.80 bits per heavy atom. The summed E-state index contributed by atoms with van der Waals surface area (Å²) in [5.41, 5.74) is 4.10. The average molecular weight is 652 g/mol. The van der Waals surface area contributed by atoms with Gasteiger partial charge in [0.2, 0.25) is 0 Å². The van der Waals surface area contributed by atoms with E-state index in [0.717, 1.165) is 16.7 Å². The van der Waals surface area contributed by atoms with E-state index < -0.39 is 12.0 Å². The highest BCUT2D eigenvalue weighted by Crippen LogP contribution is 2.37. The number of thiazole rings is 1. The van der Waals surface area contributed by atoms with E-state index in [4.69, 9.17) is 37.4 Å². The molecule has 7 nitrogen and oxygen atoms in total. The normalized spacial score (nSPS) is 14.8. The first-order valence-electron chi connectivity index (χ1n) is 14.2. The van der Waals surface area contributed by atoms with Gasteiger partial charge in [-0.2, -0.15) is 0 Å². The first-order valence-corrected chi connectivity index (χ1v) is 15.7. The second kappa shape index (κ2) is 13.4. The number of hydrogen-bond donors (Lipinski definition) is 0. The number of halogens is 2. The Morgan fingerprint density at radius 1 is 1.09 bits per heavy atom. The molecule has 0 radical (unpaired) electrons. The maximum absolute atomic E-state index is 14.0. The van der Waals surface area contributed by atoms with Crippen molar-refractivity contribution in [3.8, 4) is 11.5 Å². The first-order chi connectivity index (χ1) is 21.1. The molecule has 1 aliphatic rings. The largest absolute Gasteiger partial charge is 0.493 e. The minimum absolute atomic E-state index is 0.209. The highest BCUT2D eigenvalue weighted by molar-refractivity contribution is 7.07. The van der Waals surface area contributed by atoms with Gasteiger partial charge in [0.1, 0.15) is 6.61 Å². The van der Waals surface area contributed by atoms with E-state index in [0.29, 0.717) is 53.6 Å². The van der Waals surface area contributed by atoms with Crippen molar-refractivity contribution in [3.05, 3.63) is 124 Å². The van der Waals surface area contributed by atoms with E-state index in [-0.39, 0.29) is 18.8 Å². The van der Waals surface area contributed by atoms with Crippen LogP contribution in [0.2, 0.25) is 10.0 Å². The van der Waals surface area contributed by atoms with Gasteiger partial charge in [0.25, 0.3) is 5.56 Å². The average Bonchev–Trinajstić information content (AvgIpc) is 3.30. The molecule has 2 heterocycles. The molecule has 3 aromatic carbocycles. The molecule has 1 aromatic heterocycles. The number of allylic oxidation sites excluding steroid dienone is 1. The summed E-state index contributed by atoms with van der Waals surface area (Å²) in [6.07, 6.45) is 1.74. The number of nitrogens with zero attached hydrogens (tertiary/aromatic N) is 2. The van der Waals surface area contributed by atoms with E-state index in [1.807, 2.05) is 36.4 Å². The fraction of sp³-hybridized carbons (Fsp3) is 0.265. The Hall–Kier alpha value is -3.85. The second-order valence-electron chi connectivity index (χ2n) is 10.6. The van der Waals surface area contributed by atoms with Crippen LogP contribution in [-0.4, -0.2) is 24.3 Å². The lowest BCUT2D eigenvalue weighted by Gasteiger charge is -2.25. The summed E-state index contributed by atoms with van der Waals surface area (Å²) in [6, 6.07) is 18.1. The zero-order chi connectivity index (χ0) is 31.5. The number of methoxy groups -OCH3 is 1. The standard InChI is InChI=1S/C34H32Cl2N2O5S/c1-6-42-33(40)29-20(4)37-34-38(30(29)24-11-9-23(10-12-24)19(2)3)32(39)28(44-34)17-22-15-26(36)31(27(16-22)41-5)43-18-21-7-13-25(35)14-8-21/h7-17,19,30H,6,18H2,1-5H3/b28-17+. The molecule has 0 saturated carbocycles. The number of esters is 1. The number of fused-ring (bicyclic) bond motifs is 1. The van der Waals surface area contributed by atoms with Crippen LogP contribution >= 0.6 is 34.5 Å². The van der Waals surface area contributed by atoms with Crippen molar-refractivity contribution in [3.63, 3.8) is 0 Å². The Morgan fingerprint density at radius 3 is 2.43 bits per heavy atom. The van der Waals surface area contributed by atoms with E-state index >= 15 is 0 Å². The maximum Gasteiger partial charge on any atom is 0.338 e. The van der Waals surface area contributed by atoms with E-state index in [1.54, 1.807) is 48.8 Å². The topological polar surface area (TPSA) is 79.1 Å². The molecule has 1 aliphatic heterocycles. The SMILES string of the molecule is CCOC(=O)C1=C(C)N=c2s/c(=C/c3cc(Cl)c(OCc4ccc(Cl)cc4)c(OC)c3)c(=O)n2C1c1ccc(C(C)C)cc1. The fourth-order valence-electron chi connectivity index (χ4n) is 5.02. The third-order valence-electron chi connectivity index (χ3n) is 7.28. The smallest absolute Gasteiger partial charge is 0.338 e. The van der Waals surface area contributed by atoms with E-state index in [9.17, 15) is 9.59 Å².